The maximum atomic E-state index is 13.6. The van der Waals surface area contributed by atoms with Gasteiger partial charge in [0.2, 0.25) is 11.8 Å². The number of esters is 1. The lowest BCUT2D eigenvalue weighted by atomic mass is 9.94. The smallest absolute Gasteiger partial charge is 0.309 e. The first-order valence-electron chi connectivity index (χ1n) is 14.2. The molecule has 8 heteroatoms. The molecule has 2 aliphatic rings. The minimum atomic E-state index is -0.542. The maximum Gasteiger partial charge on any atom is 0.309 e. The lowest BCUT2D eigenvalue weighted by Crippen LogP contribution is -2.45. The summed E-state index contributed by atoms with van der Waals surface area (Å²) >= 11 is 0. The van der Waals surface area contributed by atoms with Crippen molar-refractivity contribution in [2.75, 3.05) is 19.8 Å². The third kappa shape index (κ3) is 8.49. The van der Waals surface area contributed by atoms with Gasteiger partial charge in [0.15, 0.2) is 0 Å². The van der Waals surface area contributed by atoms with Crippen molar-refractivity contribution in [3.63, 3.8) is 0 Å². The highest BCUT2D eigenvalue weighted by Crippen LogP contribution is 2.25. The first-order chi connectivity index (χ1) is 19.4. The molecule has 0 saturated carbocycles. The molecule has 2 aromatic carbocycles. The number of allylic oxidation sites excluding steroid dienone is 2. The van der Waals surface area contributed by atoms with Crippen molar-refractivity contribution in [3.05, 3.63) is 83.7 Å². The number of fused-ring (bicyclic) bond motifs is 1. The zero-order chi connectivity index (χ0) is 28.3. The molecule has 4 atom stereocenters. The second kappa shape index (κ2) is 14.7. The Morgan fingerprint density at radius 1 is 1.02 bits per heavy atom. The lowest BCUT2D eigenvalue weighted by Gasteiger charge is -2.29. The summed E-state index contributed by atoms with van der Waals surface area (Å²) in [7, 11) is 0. The van der Waals surface area contributed by atoms with Crippen LogP contribution in [-0.2, 0) is 32.0 Å². The van der Waals surface area contributed by atoms with E-state index < -0.39 is 12.0 Å². The third-order valence-electron chi connectivity index (χ3n) is 7.77. The highest BCUT2D eigenvalue weighted by atomic mass is 19.1. The largest absolute Gasteiger partial charge is 0.463 e. The van der Waals surface area contributed by atoms with Crippen LogP contribution in [0, 0.1) is 17.7 Å². The number of aliphatic hydroxyl groups excluding tert-OH is 1. The number of rotatable bonds is 8. The van der Waals surface area contributed by atoms with E-state index in [4.69, 9.17) is 4.74 Å². The van der Waals surface area contributed by atoms with Gasteiger partial charge < -0.3 is 20.1 Å². The molecular weight excluding hydrogens is 511 g/mol. The SMILES string of the molecule is O=C(C[C@H]1C/C=C/CC[C@H](Cc2ccc(F)cc2)C(=O)OC[C@H]2CCCN2C1=O)N[C@H](CO)Cc1ccccc1. The fourth-order valence-electron chi connectivity index (χ4n) is 5.56. The first-order valence-corrected chi connectivity index (χ1v) is 14.2. The third-order valence-corrected chi connectivity index (χ3v) is 7.77. The molecule has 0 radical (unpaired) electrons. The van der Waals surface area contributed by atoms with E-state index in [0.29, 0.717) is 38.6 Å². The van der Waals surface area contributed by atoms with Crippen molar-refractivity contribution in [2.24, 2.45) is 11.8 Å². The van der Waals surface area contributed by atoms with Crippen molar-refractivity contribution in [1.82, 2.24) is 10.2 Å². The standard InChI is InChI=1S/C32H39FN2O5/c33-27-15-13-24(14-16-27)18-26-11-6-2-5-10-25(31(38)35-17-7-12-29(35)22-40-32(26)39)20-30(37)34-28(21-36)19-23-8-3-1-4-9-23/h1-5,8-9,13-16,25-26,28-29,36H,6-7,10-12,17-22H2,(H,34,37)/b5-2+/t25-,26-,28+,29-/m1/s1. The Balaban J connectivity index is 1.42. The van der Waals surface area contributed by atoms with E-state index in [2.05, 4.69) is 5.32 Å². The van der Waals surface area contributed by atoms with Crippen LogP contribution < -0.4 is 5.32 Å². The predicted octanol–water partition coefficient (Wildman–Crippen LogP) is 3.98. The van der Waals surface area contributed by atoms with E-state index in [0.717, 1.165) is 24.0 Å². The summed E-state index contributed by atoms with van der Waals surface area (Å²) in [5.74, 6) is -1.92. The number of amides is 2. The van der Waals surface area contributed by atoms with Gasteiger partial charge in [-0.25, -0.2) is 4.39 Å². The van der Waals surface area contributed by atoms with Gasteiger partial charge in [-0.2, -0.15) is 0 Å². The Morgan fingerprint density at radius 2 is 1.80 bits per heavy atom. The van der Waals surface area contributed by atoms with Crippen LogP contribution >= 0.6 is 0 Å². The van der Waals surface area contributed by atoms with Gasteiger partial charge in [0.05, 0.1) is 30.5 Å². The highest BCUT2D eigenvalue weighted by Gasteiger charge is 2.35. The van der Waals surface area contributed by atoms with Crippen LogP contribution in [0.15, 0.2) is 66.7 Å². The Morgan fingerprint density at radius 3 is 2.55 bits per heavy atom. The van der Waals surface area contributed by atoms with Crippen LogP contribution in [0.2, 0.25) is 0 Å². The number of halogens is 1. The van der Waals surface area contributed by atoms with E-state index in [-0.39, 0.29) is 55.2 Å². The summed E-state index contributed by atoms with van der Waals surface area (Å²) < 4.78 is 19.1. The molecule has 1 saturated heterocycles. The summed E-state index contributed by atoms with van der Waals surface area (Å²) in [6.07, 6.45) is 7.99. The molecule has 0 spiro atoms. The molecule has 0 aromatic heterocycles. The summed E-state index contributed by atoms with van der Waals surface area (Å²) in [5.41, 5.74) is 1.88. The number of ether oxygens (including phenoxy) is 1. The number of carbonyl (C=O) groups is 3. The van der Waals surface area contributed by atoms with Crippen LogP contribution in [-0.4, -0.2) is 59.6 Å². The number of carbonyl (C=O) groups excluding carboxylic acids is 3. The van der Waals surface area contributed by atoms with Gasteiger partial charge in [0.1, 0.15) is 12.4 Å². The van der Waals surface area contributed by atoms with Gasteiger partial charge in [-0.15, -0.1) is 0 Å². The molecule has 0 unspecified atom stereocenters. The van der Waals surface area contributed by atoms with Gasteiger partial charge in [0, 0.05) is 13.0 Å². The number of hydrogen-bond donors (Lipinski definition) is 2. The minimum Gasteiger partial charge on any atom is -0.463 e. The number of hydrogen-bond acceptors (Lipinski definition) is 5. The normalized spacial score (nSPS) is 23.6. The zero-order valence-electron chi connectivity index (χ0n) is 22.8. The second-order valence-corrected chi connectivity index (χ2v) is 10.8. The minimum absolute atomic E-state index is 0.0185. The second-order valence-electron chi connectivity index (χ2n) is 10.8. The summed E-state index contributed by atoms with van der Waals surface area (Å²) in [6, 6.07) is 15.1. The fraction of sp³-hybridized carbons (Fsp3) is 0.469. The van der Waals surface area contributed by atoms with Crippen LogP contribution in [0.25, 0.3) is 0 Å². The Bertz CT molecular complexity index is 1150. The molecular formula is C32H39FN2O5. The van der Waals surface area contributed by atoms with Crippen LogP contribution in [0.5, 0.6) is 0 Å². The van der Waals surface area contributed by atoms with Gasteiger partial charge in [0.25, 0.3) is 0 Å². The average Bonchev–Trinajstić information content (AvgIpc) is 3.43. The van der Waals surface area contributed by atoms with E-state index >= 15 is 0 Å². The Hall–Kier alpha value is -3.52. The lowest BCUT2D eigenvalue weighted by molar-refractivity contribution is -0.152. The number of nitrogens with zero attached hydrogens (tertiary/aromatic N) is 1. The summed E-state index contributed by atoms with van der Waals surface area (Å²) in [4.78, 5) is 41.4. The highest BCUT2D eigenvalue weighted by molar-refractivity contribution is 5.86. The molecule has 40 heavy (non-hydrogen) atoms. The molecule has 2 heterocycles. The molecule has 2 amide bonds. The topological polar surface area (TPSA) is 95.9 Å². The maximum absolute atomic E-state index is 13.6. The van der Waals surface area contributed by atoms with Crippen LogP contribution in [0.3, 0.4) is 0 Å². The van der Waals surface area contributed by atoms with Crippen molar-refractivity contribution in [2.45, 2.75) is 63.5 Å². The zero-order valence-corrected chi connectivity index (χ0v) is 22.8. The van der Waals surface area contributed by atoms with Gasteiger partial charge in [-0.05, 0) is 68.2 Å². The monoisotopic (exact) mass is 550 g/mol. The molecule has 1 fully saturated rings. The molecule has 0 aliphatic carbocycles. The number of benzene rings is 2. The average molecular weight is 551 g/mol. The van der Waals surface area contributed by atoms with Crippen molar-refractivity contribution >= 4 is 17.8 Å². The van der Waals surface area contributed by atoms with E-state index in [1.54, 1.807) is 17.0 Å². The quantitative estimate of drug-likeness (QED) is 0.383. The summed E-state index contributed by atoms with van der Waals surface area (Å²) in [6.45, 7) is 0.494. The first kappa shape index (κ1) is 29.5. The fourth-order valence-corrected chi connectivity index (χ4v) is 5.56. The molecule has 0 bridgehead atoms. The van der Waals surface area contributed by atoms with Crippen molar-refractivity contribution in [1.29, 1.82) is 0 Å². The van der Waals surface area contributed by atoms with Crippen molar-refractivity contribution in [3.8, 4) is 0 Å². The van der Waals surface area contributed by atoms with E-state index in [9.17, 15) is 23.9 Å². The molecule has 214 valence electrons. The van der Waals surface area contributed by atoms with E-state index in [1.165, 1.54) is 12.1 Å². The number of cyclic esters (lactones) is 1. The Labute approximate surface area is 235 Å². The summed E-state index contributed by atoms with van der Waals surface area (Å²) in [5, 5.41) is 12.7. The number of aliphatic hydroxyl groups is 1. The van der Waals surface area contributed by atoms with Gasteiger partial charge in [-0.1, -0.05) is 54.6 Å². The van der Waals surface area contributed by atoms with Gasteiger partial charge >= 0.3 is 5.97 Å². The Kier molecular flexibility index (Phi) is 10.9. The van der Waals surface area contributed by atoms with Crippen LogP contribution in [0.4, 0.5) is 4.39 Å². The van der Waals surface area contributed by atoms with Crippen LogP contribution in [0.1, 0.15) is 49.7 Å². The molecule has 7 nitrogen and oxygen atoms in total. The molecule has 2 aliphatic heterocycles. The molecule has 4 rings (SSSR count). The molecule has 2 aromatic rings. The van der Waals surface area contributed by atoms with Crippen molar-refractivity contribution < 1.29 is 28.6 Å². The predicted molar refractivity (Wildman–Crippen MR) is 150 cm³/mol. The van der Waals surface area contributed by atoms with E-state index in [1.807, 2.05) is 42.5 Å². The number of nitrogens with one attached hydrogen (secondary N) is 1. The molecule has 2 N–H and O–H groups in total. The van der Waals surface area contributed by atoms with Gasteiger partial charge in [-0.3, -0.25) is 14.4 Å².